The molecule has 266 valence electrons. The van der Waals surface area contributed by atoms with Crippen LogP contribution in [-0.2, 0) is 0 Å². The summed E-state index contributed by atoms with van der Waals surface area (Å²) in [4.78, 5) is 18.5. The highest BCUT2D eigenvalue weighted by molar-refractivity contribution is 6.11. The normalized spacial score (nSPS) is 18.0. The molecular weight excluding hydrogens is 699 g/mol. The van der Waals surface area contributed by atoms with Gasteiger partial charge >= 0.3 is 0 Å². The Morgan fingerprint density at radius 2 is 0.965 bits per heavy atom. The Bertz CT molecular complexity index is 4900. The number of hydrogen-bond acceptors (Lipinski definition) is 4. The zero-order chi connectivity index (χ0) is 59.2. The van der Waals surface area contributed by atoms with Gasteiger partial charge in [0.05, 0.1) is 95.5 Å². The van der Waals surface area contributed by atoms with E-state index in [0.717, 1.165) is 13.7 Å². The molecule has 57 heavy (non-hydrogen) atoms. The molecule has 0 bridgehead atoms. The summed E-state index contributed by atoms with van der Waals surface area (Å²) in [6.45, 7) is 0. The lowest BCUT2D eigenvalue weighted by Gasteiger charge is -2.20. The monoisotopic (exact) mass is 754 g/mol. The molecule has 7 nitrogen and oxygen atoms in total. The van der Waals surface area contributed by atoms with Crippen molar-refractivity contribution in [1.82, 2.24) is 33.6 Å². The van der Waals surface area contributed by atoms with E-state index in [2.05, 4.69) is 15.0 Å². The van der Waals surface area contributed by atoms with Crippen molar-refractivity contribution in [3.63, 3.8) is 0 Å². The Kier molecular flexibility index (Phi) is 3.39. The number of benzene rings is 6. The lowest BCUT2D eigenvalue weighted by molar-refractivity contribution is 1.04. The Balaban J connectivity index is 1.42. The number of aromatic nitrogens is 7. The molecule has 6 aromatic heterocycles. The maximum Gasteiger partial charge on any atom is 0.164 e. The van der Waals surface area contributed by atoms with Gasteiger partial charge in [-0.15, -0.1) is 0 Å². The number of rotatable bonds is 5. The standard InChI is InChI=1S/C50H31N7/c1-2-15-32(16-3-1)38-31-46(56-39-22-8-4-17-33(39)34-18-5-9-23-40(34)56)54-50(53-38)37-21-12-26-45(55-41-24-10-6-19-35(41)47-43(55)27-13-29-51-47)49(37)57-42-25-11-7-20-36(42)48-44(57)28-14-30-52-48/h1-31H/i1D,2D,3D,4D,5D,6D,7D,8D,9D,10D,11D,12D,15D,16D,17D,18D,19D,20D,21D,22D,23D,24D,25D,26D,31D. The van der Waals surface area contributed by atoms with Crippen molar-refractivity contribution in [1.29, 1.82) is 0 Å². The van der Waals surface area contributed by atoms with Crippen LogP contribution in [0.2, 0.25) is 0 Å². The van der Waals surface area contributed by atoms with Crippen molar-refractivity contribution < 1.29 is 34.3 Å². The molecule has 6 heterocycles. The van der Waals surface area contributed by atoms with Gasteiger partial charge in [-0.2, -0.15) is 0 Å². The topological polar surface area (TPSA) is 66.3 Å². The van der Waals surface area contributed by atoms with Gasteiger partial charge in [-0.05, 0) is 60.5 Å². The van der Waals surface area contributed by atoms with Crippen molar-refractivity contribution >= 4 is 65.7 Å². The van der Waals surface area contributed by atoms with Crippen LogP contribution in [0, 0.1) is 0 Å². The first-order valence-electron chi connectivity index (χ1n) is 29.5. The molecule has 0 radical (unpaired) electrons. The van der Waals surface area contributed by atoms with E-state index in [1.165, 1.54) is 36.7 Å². The van der Waals surface area contributed by atoms with Gasteiger partial charge in [0.25, 0.3) is 0 Å². The highest BCUT2D eigenvalue weighted by Gasteiger charge is 2.25. The number of pyridine rings is 2. The lowest BCUT2D eigenvalue weighted by atomic mass is 10.1. The number of nitrogens with zero attached hydrogens (tertiary/aromatic N) is 7. The first-order chi connectivity index (χ1) is 38.7. The second-order valence-corrected chi connectivity index (χ2v) is 12.4. The molecule has 0 aliphatic carbocycles. The Hall–Kier alpha value is -7.90. The molecule has 0 saturated carbocycles. The number of para-hydroxylation sites is 5. The molecule has 0 spiro atoms. The van der Waals surface area contributed by atoms with E-state index >= 15 is 0 Å². The van der Waals surface area contributed by atoms with Crippen LogP contribution >= 0.6 is 0 Å². The molecule has 0 amide bonds. The van der Waals surface area contributed by atoms with E-state index < -0.39 is 218 Å². The van der Waals surface area contributed by atoms with Gasteiger partial charge in [0.2, 0.25) is 0 Å². The fourth-order valence-electron chi connectivity index (χ4n) is 7.20. The van der Waals surface area contributed by atoms with Crippen LogP contribution in [0.4, 0.5) is 0 Å². The first kappa shape index (κ1) is 15.7. The maximum atomic E-state index is 10.0. The zero-order valence-corrected chi connectivity index (χ0v) is 28.6. The lowest BCUT2D eigenvalue weighted by Crippen LogP contribution is -2.08. The molecule has 12 rings (SSSR count). The van der Waals surface area contributed by atoms with Crippen LogP contribution in [0.3, 0.4) is 0 Å². The van der Waals surface area contributed by atoms with Gasteiger partial charge < -0.3 is 9.13 Å². The van der Waals surface area contributed by atoms with Crippen molar-refractivity contribution in [2.75, 3.05) is 0 Å². The molecule has 0 aliphatic heterocycles. The van der Waals surface area contributed by atoms with Crippen LogP contribution in [0.1, 0.15) is 34.3 Å². The molecule has 0 aliphatic rings. The maximum absolute atomic E-state index is 10.0. The van der Waals surface area contributed by atoms with Crippen molar-refractivity contribution in [3.8, 4) is 39.8 Å². The summed E-state index contributed by atoms with van der Waals surface area (Å²) in [6, 6.07) is -15.2. The highest BCUT2D eigenvalue weighted by Crippen LogP contribution is 2.42. The average Bonchev–Trinajstić information content (AvgIpc) is 4.19. The van der Waals surface area contributed by atoms with Gasteiger partial charge in [0.1, 0.15) is 5.82 Å². The molecule has 0 fully saturated rings. The summed E-state index contributed by atoms with van der Waals surface area (Å²) >= 11 is 0. The van der Waals surface area contributed by atoms with Crippen LogP contribution < -0.4 is 0 Å². The third-order valence-electron chi connectivity index (χ3n) is 9.45. The van der Waals surface area contributed by atoms with Gasteiger partial charge in [-0.3, -0.25) is 14.5 Å². The van der Waals surface area contributed by atoms with Crippen molar-refractivity contribution in [2.45, 2.75) is 0 Å². The summed E-state index contributed by atoms with van der Waals surface area (Å²) in [5.41, 5.74) is -5.78. The van der Waals surface area contributed by atoms with E-state index in [1.807, 2.05) is 0 Å². The third kappa shape index (κ3) is 4.66. The van der Waals surface area contributed by atoms with Gasteiger partial charge in [-0.1, -0.05) is 109 Å². The molecule has 12 aromatic rings. The average molecular weight is 755 g/mol. The Morgan fingerprint density at radius 1 is 0.439 bits per heavy atom. The fraction of sp³-hybridized carbons (Fsp3) is 0. The quantitative estimate of drug-likeness (QED) is 0.175. The Labute approximate surface area is 361 Å². The van der Waals surface area contributed by atoms with E-state index in [4.69, 9.17) is 24.2 Å². The summed E-state index contributed by atoms with van der Waals surface area (Å²) in [7, 11) is 0. The molecule has 0 saturated heterocycles. The minimum absolute atomic E-state index is 0.0420. The highest BCUT2D eigenvalue weighted by atomic mass is 15.1. The van der Waals surface area contributed by atoms with Gasteiger partial charge in [0.15, 0.2) is 5.82 Å². The molecule has 0 atom stereocenters. The molecule has 7 heteroatoms. The van der Waals surface area contributed by atoms with E-state index in [1.54, 1.807) is 0 Å². The molecule has 6 aromatic carbocycles. The van der Waals surface area contributed by atoms with Crippen LogP contribution in [0.15, 0.2) is 188 Å². The zero-order valence-electron chi connectivity index (χ0n) is 53.6. The van der Waals surface area contributed by atoms with E-state index in [9.17, 15) is 15.1 Å². The van der Waals surface area contributed by atoms with E-state index in [0.29, 0.717) is 0 Å². The van der Waals surface area contributed by atoms with Crippen molar-refractivity contribution in [3.05, 3.63) is 188 Å². The van der Waals surface area contributed by atoms with E-state index in [-0.39, 0.29) is 38.4 Å². The molecular formula is C50H31N7. The summed E-state index contributed by atoms with van der Waals surface area (Å²) in [5, 5.41) is -1.41. The smallest absolute Gasteiger partial charge is 0.164 e. The third-order valence-corrected chi connectivity index (χ3v) is 9.45. The van der Waals surface area contributed by atoms with Crippen LogP contribution in [-0.4, -0.2) is 33.6 Å². The van der Waals surface area contributed by atoms with Crippen LogP contribution in [0.5, 0.6) is 0 Å². The first-order valence-corrected chi connectivity index (χ1v) is 17.0. The summed E-state index contributed by atoms with van der Waals surface area (Å²) in [5.74, 6) is -1.77. The second kappa shape index (κ2) is 12.3. The number of fused-ring (bicyclic) bond motifs is 9. The van der Waals surface area contributed by atoms with Gasteiger partial charge in [-0.25, -0.2) is 9.97 Å². The predicted molar refractivity (Wildman–Crippen MR) is 232 cm³/mol. The largest absolute Gasteiger partial charge is 0.305 e. The minimum atomic E-state index is -1.00. The summed E-state index contributed by atoms with van der Waals surface area (Å²) < 4.78 is 231. The van der Waals surface area contributed by atoms with Gasteiger partial charge in [0, 0.05) is 51.1 Å². The fourth-order valence-corrected chi connectivity index (χ4v) is 7.20. The van der Waals surface area contributed by atoms with Crippen molar-refractivity contribution in [2.24, 2.45) is 0 Å². The summed E-state index contributed by atoms with van der Waals surface area (Å²) in [6.07, 6.45) is 2.64. The predicted octanol–water partition coefficient (Wildman–Crippen LogP) is 11.9. The minimum Gasteiger partial charge on any atom is -0.305 e. The second-order valence-electron chi connectivity index (χ2n) is 12.4. The van der Waals surface area contributed by atoms with Crippen LogP contribution in [0.25, 0.3) is 106 Å². The SMILES string of the molecule is [2H]c1c(-c2c([2H])c([2H])c([2H])c([2H])c2[2H])nc(-c2c([2H])c([2H])c([2H])c(-n3c4cccnc4c4c([2H])c([2H])c([2H])c([2H])c43)c2-n2c3cccnc3c3c([2H])c([2H])c([2H])c([2H])c32)nc1-n1c2c([2H])c([2H])c([2H])c([2H])c2c2c([2H])c([2H])c([2H])c([2H])c21. The number of hydrogen-bond donors (Lipinski definition) is 0. The molecule has 0 N–H and O–H groups in total. The Morgan fingerprint density at radius 3 is 1.60 bits per heavy atom. The molecule has 0 unspecified atom stereocenters.